The van der Waals surface area contributed by atoms with Gasteiger partial charge in [0.1, 0.15) is 0 Å². The standard InChI is InChI=1S/C15H18N2O2/c18-15(19)12-8-5-9-13-14(12)17(10-16-13)11-6-3-1-2-4-7-11/h5,8-11H,1-4,6-7H2,(H,18,19). The van der Waals surface area contributed by atoms with Gasteiger partial charge >= 0.3 is 5.97 Å². The van der Waals surface area contributed by atoms with Crippen LogP contribution in [0.3, 0.4) is 0 Å². The van der Waals surface area contributed by atoms with Gasteiger partial charge in [0, 0.05) is 6.04 Å². The highest BCUT2D eigenvalue weighted by molar-refractivity contribution is 6.01. The number of carboxylic acid groups (broad SMARTS) is 1. The van der Waals surface area contributed by atoms with Crippen molar-refractivity contribution in [2.24, 2.45) is 0 Å². The maximum absolute atomic E-state index is 11.4. The fraction of sp³-hybridized carbons (Fsp3) is 0.467. The highest BCUT2D eigenvalue weighted by atomic mass is 16.4. The Bertz CT molecular complexity index is 595. The number of hydrogen-bond acceptors (Lipinski definition) is 2. The first kappa shape index (κ1) is 12.2. The van der Waals surface area contributed by atoms with Crippen LogP contribution in [0.15, 0.2) is 24.5 Å². The molecule has 4 heteroatoms. The Kier molecular flexibility index (Phi) is 3.23. The van der Waals surface area contributed by atoms with Crippen molar-refractivity contribution in [3.05, 3.63) is 30.1 Å². The van der Waals surface area contributed by atoms with E-state index in [1.54, 1.807) is 12.1 Å². The van der Waals surface area contributed by atoms with Crippen LogP contribution in [0, 0.1) is 0 Å². The lowest BCUT2D eigenvalue weighted by Crippen LogP contribution is -2.09. The number of imidazole rings is 1. The molecule has 3 rings (SSSR count). The first-order valence-electron chi connectivity index (χ1n) is 6.96. The summed E-state index contributed by atoms with van der Waals surface area (Å²) in [5, 5.41) is 9.34. The third-order valence-corrected chi connectivity index (χ3v) is 4.04. The quantitative estimate of drug-likeness (QED) is 0.837. The van der Waals surface area contributed by atoms with E-state index in [2.05, 4.69) is 9.55 Å². The first-order chi connectivity index (χ1) is 9.27. The molecule has 1 aromatic heterocycles. The van der Waals surface area contributed by atoms with Gasteiger partial charge in [-0.15, -0.1) is 0 Å². The molecule has 1 saturated carbocycles. The first-order valence-corrected chi connectivity index (χ1v) is 6.96. The highest BCUT2D eigenvalue weighted by Crippen LogP contribution is 2.31. The molecule has 0 saturated heterocycles. The monoisotopic (exact) mass is 258 g/mol. The molecule has 1 aliphatic carbocycles. The second-order valence-corrected chi connectivity index (χ2v) is 5.28. The van der Waals surface area contributed by atoms with E-state index in [9.17, 15) is 9.90 Å². The van der Waals surface area contributed by atoms with Crippen molar-refractivity contribution in [2.45, 2.75) is 44.6 Å². The Balaban J connectivity index is 2.10. The second kappa shape index (κ2) is 5.03. The Hall–Kier alpha value is -1.84. The number of benzene rings is 1. The normalized spacial score (nSPS) is 17.5. The van der Waals surface area contributed by atoms with Gasteiger partial charge in [0.2, 0.25) is 0 Å². The van der Waals surface area contributed by atoms with Crippen molar-refractivity contribution in [1.82, 2.24) is 9.55 Å². The zero-order valence-electron chi connectivity index (χ0n) is 10.9. The van der Waals surface area contributed by atoms with E-state index < -0.39 is 5.97 Å². The SMILES string of the molecule is O=C(O)c1cccc2ncn(C3CCCCCC3)c12. The number of nitrogens with zero attached hydrogens (tertiary/aromatic N) is 2. The molecule has 1 fully saturated rings. The lowest BCUT2D eigenvalue weighted by molar-refractivity contribution is 0.0698. The van der Waals surface area contributed by atoms with Gasteiger partial charge < -0.3 is 9.67 Å². The van der Waals surface area contributed by atoms with Crippen LogP contribution in [-0.2, 0) is 0 Å². The Morgan fingerprint density at radius 1 is 1.21 bits per heavy atom. The molecule has 1 heterocycles. The summed E-state index contributed by atoms with van der Waals surface area (Å²) in [6, 6.07) is 5.71. The van der Waals surface area contributed by atoms with E-state index in [4.69, 9.17) is 0 Å². The molecule has 1 aromatic carbocycles. The van der Waals surface area contributed by atoms with Gasteiger partial charge in [0.25, 0.3) is 0 Å². The fourth-order valence-corrected chi connectivity index (χ4v) is 3.07. The number of aromatic nitrogens is 2. The van der Waals surface area contributed by atoms with Gasteiger partial charge in [0.15, 0.2) is 0 Å². The molecule has 0 atom stereocenters. The summed E-state index contributed by atoms with van der Waals surface area (Å²) in [6.45, 7) is 0. The van der Waals surface area contributed by atoms with Gasteiger partial charge in [-0.1, -0.05) is 31.7 Å². The number of hydrogen-bond donors (Lipinski definition) is 1. The highest BCUT2D eigenvalue weighted by Gasteiger charge is 2.19. The topological polar surface area (TPSA) is 55.1 Å². The van der Waals surface area contributed by atoms with Gasteiger partial charge in [0.05, 0.1) is 22.9 Å². The summed E-state index contributed by atoms with van der Waals surface area (Å²) in [6.07, 6.45) is 9.08. The van der Waals surface area contributed by atoms with Crippen LogP contribution in [0.4, 0.5) is 0 Å². The molecule has 0 radical (unpaired) electrons. The smallest absolute Gasteiger partial charge is 0.337 e. The summed E-state index contributed by atoms with van der Waals surface area (Å²) < 4.78 is 2.09. The van der Waals surface area contributed by atoms with Crippen molar-refractivity contribution in [3.63, 3.8) is 0 Å². The molecule has 0 aliphatic heterocycles. The summed E-state index contributed by atoms with van der Waals surface area (Å²) in [5.41, 5.74) is 1.92. The van der Waals surface area contributed by atoms with Crippen LogP contribution < -0.4 is 0 Å². The molecule has 100 valence electrons. The lowest BCUT2D eigenvalue weighted by atomic mass is 10.1. The summed E-state index contributed by atoms with van der Waals surface area (Å²) in [7, 11) is 0. The third kappa shape index (κ3) is 2.23. The summed E-state index contributed by atoms with van der Waals surface area (Å²) in [5.74, 6) is -0.874. The number of rotatable bonds is 2. The fourth-order valence-electron chi connectivity index (χ4n) is 3.07. The Labute approximate surface area is 112 Å². The Morgan fingerprint density at radius 2 is 1.95 bits per heavy atom. The molecule has 0 bridgehead atoms. The number of para-hydroxylation sites is 1. The molecule has 1 N–H and O–H groups in total. The van der Waals surface area contributed by atoms with Crippen LogP contribution in [0.25, 0.3) is 11.0 Å². The van der Waals surface area contributed by atoms with Crippen molar-refractivity contribution in [1.29, 1.82) is 0 Å². The minimum atomic E-state index is -0.874. The Morgan fingerprint density at radius 3 is 2.63 bits per heavy atom. The number of aromatic carboxylic acids is 1. The third-order valence-electron chi connectivity index (χ3n) is 4.04. The molecule has 4 nitrogen and oxygen atoms in total. The predicted octanol–water partition coefficient (Wildman–Crippen LogP) is 3.63. The minimum Gasteiger partial charge on any atom is -0.478 e. The maximum Gasteiger partial charge on any atom is 0.337 e. The minimum absolute atomic E-state index is 0.360. The molecular formula is C15H18N2O2. The van der Waals surface area contributed by atoms with Crippen molar-refractivity contribution in [3.8, 4) is 0 Å². The summed E-state index contributed by atoms with van der Waals surface area (Å²) in [4.78, 5) is 15.7. The second-order valence-electron chi connectivity index (χ2n) is 5.28. The van der Waals surface area contributed by atoms with Crippen molar-refractivity contribution in [2.75, 3.05) is 0 Å². The van der Waals surface area contributed by atoms with Crippen LogP contribution in [-0.4, -0.2) is 20.6 Å². The number of fused-ring (bicyclic) bond motifs is 1. The van der Waals surface area contributed by atoms with E-state index in [1.165, 1.54) is 25.7 Å². The maximum atomic E-state index is 11.4. The van der Waals surface area contributed by atoms with Gasteiger partial charge in [-0.05, 0) is 25.0 Å². The zero-order chi connectivity index (χ0) is 13.2. The molecular weight excluding hydrogens is 240 g/mol. The molecule has 1 aliphatic rings. The van der Waals surface area contributed by atoms with Crippen LogP contribution >= 0.6 is 0 Å². The van der Waals surface area contributed by atoms with E-state index in [0.29, 0.717) is 11.6 Å². The lowest BCUT2D eigenvalue weighted by Gasteiger charge is -2.17. The van der Waals surface area contributed by atoms with E-state index in [0.717, 1.165) is 23.9 Å². The van der Waals surface area contributed by atoms with Crippen LogP contribution in [0.2, 0.25) is 0 Å². The average molecular weight is 258 g/mol. The summed E-state index contributed by atoms with van der Waals surface area (Å²) >= 11 is 0. The molecule has 2 aromatic rings. The molecule has 0 spiro atoms. The number of carbonyl (C=O) groups is 1. The van der Waals surface area contributed by atoms with E-state index >= 15 is 0 Å². The van der Waals surface area contributed by atoms with Crippen molar-refractivity contribution >= 4 is 17.0 Å². The van der Waals surface area contributed by atoms with Gasteiger partial charge in [-0.3, -0.25) is 0 Å². The zero-order valence-corrected chi connectivity index (χ0v) is 10.9. The largest absolute Gasteiger partial charge is 0.478 e. The van der Waals surface area contributed by atoms with E-state index in [-0.39, 0.29) is 0 Å². The van der Waals surface area contributed by atoms with Crippen LogP contribution in [0.5, 0.6) is 0 Å². The van der Waals surface area contributed by atoms with Gasteiger partial charge in [-0.25, -0.2) is 9.78 Å². The molecule has 0 unspecified atom stereocenters. The predicted molar refractivity (Wildman–Crippen MR) is 73.4 cm³/mol. The van der Waals surface area contributed by atoms with E-state index in [1.807, 2.05) is 12.4 Å². The average Bonchev–Trinajstić information content (AvgIpc) is 2.66. The van der Waals surface area contributed by atoms with Crippen molar-refractivity contribution < 1.29 is 9.90 Å². The molecule has 19 heavy (non-hydrogen) atoms. The molecule has 0 amide bonds. The van der Waals surface area contributed by atoms with Crippen LogP contribution in [0.1, 0.15) is 54.9 Å². The van der Waals surface area contributed by atoms with Gasteiger partial charge in [-0.2, -0.15) is 0 Å². The number of carboxylic acids is 1.